The highest BCUT2D eigenvalue weighted by molar-refractivity contribution is 5.65. The number of hydrogen-bond donors (Lipinski definition) is 1. The number of aliphatic hydroxyl groups excluding tert-OH is 1. The van der Waals surface area contributed by atoms with E-state index < -0.39 is 6.04 Å². The Kier molecular flexibility index (Phi) is 8.93. The molecule has 0 aliphatic carbocycles. The van der Waals surface area contributed by atoms with Gasteiger partial charge in [-0.05, 0) is 61.6 Å². The van der Waals surface area contributed by atoms with Gasteiger partial charge < -0.3 is 23.9 Å². The van der Waals surface area contributed by atoms with Crippen molar-refractivity contribution < 1.29 is 19.3 Å². The quantitative estimate of drug-likeness (QED) is 0.328. The third kappa shape index (κ3) is 6.86. The van der Waals surface area contributed by atoms with Gasteiger partial charge in [0.15, 0.2) is 6.29 Å². The molecule has 0 radical (unpaired) electrons. The molecule has 0 saturated carbocycles. The summed E-state index contributed by atoms with van der Waals surface area (Å²) in [6.07, 6.45) is 6.23. The van der Waals surface area contributed by atoms with Gasteiger partial charge in [-0.2, -0.15) is 5.26 Å². The first-order chi connectivity index (χ1) is 19.1. The summed E-state index contributed by atoms with van der Waals surface area (Å²) in [5.41, 5.74) is 3.04. The van der Waals surface area contributed by atoms with Crippen LogP contribution in [0.15, 0.2) is 60.9 Å². The second-order valence-corrected chi connectivity index (χ2v) is 9.93. The largest absolute Gasteiger partial charge is 0.488 e. The molecule has 2 aliphatic rings. The van der Waals surface area contributed by atoms with E-state index in [9.17, 15) is 5.11 Å². The van der Waals surface area contributed by atoms with E-state index in [2.05, 4.69) is 27.8 Å². The molecule has 2 aliphatic heterocycles. The van der Waals surface area contributed by atoms with Crippen LogP contribution in [0.1, 0.15) is 49.7 Å². The Hall–Kier alpha value is -3.66. The number of rotatable bonds is 9. The topological polar surface area (TPSA) is 92.8 Å². The summed E-state index contributed by atoms with van der Waals surface area (Å²) in [6.45, 7) is 4.58. The van der Waals surface area contributed by atoms with Gasteiger partial charge >= 0.3 is 0 Å². The molecule has 8 heteroatoms. The zero-order valence-corrected chi connectivity index (χ0v) is 22.2. The van der Waals surface area contributed by atoms with Crippen molar-refractivity contribution in [2.45, 2.75) is 50.7 Å². The van der Waals surface area contributed by atoms with Crippen LogP contribution in [0, 0.1) is 23.2 Å². The maximum absolute atomic E-state index is 10.1. The van der Waals surface area contributed by atoms with Crippen molar-refractivity contribution in [2.75, 3.05) is 32.8 Å². The summed E-state index contributed by atoms with van der Waals surface area (Å²) in [5, 5.41) is 18.8. The maximum atomic E-state index is 10.1. The molecule has 3 heterocycles. The number of aliphatic hydroxyl groups is 1. The van der Waals surface area contributed by atoms with Crippen molar-refractivity contribution in [2.24, 2.45) is 0 Å². The van der Waals surface area contributed by atoms with E-state index in [0.29, 0.717) is 6.54 Å². The molecule has 1 N–H and O–H groups in total. The van der Waals surface area contributed by atoms with Gasteiger partial charge in [0.2, 0.25) is 0 Å². The summed E-state index contributed by atoms with van der Waals surface area (Å²) < 4.78 is 19.6. The summed E-state index contributed by atoms with van der Waals surface area (Å²) in [5.74, 6) is 7.95. The molecule has 3 atom stereocenters. The highest BCUT2D eigenvalue weighted by Gasteiger charge is 2.28. The second-order valence-electron chi connectivity index (χ2n) is 9.93. The molecule has 1 unspecified atom stereocenters. The number of ether oxygens (including phenoxy) is 3. The Labute approximate surface area is 229 Å². The Morgan fingerprint density at radius 2 is 1.85 bits per heavy atom. The number of benzene rings is 2. The van der Waals surface area contributed by atoms with Crippen LogP contribution in [0.2, 0.25) is 0 Å². The lowest BCUT2D eigenvalue weighted by molar-refractivity contribution is -0.188. The third-order valence-electron chi connectivity index (χ3n) is 7.04. The Bertz CT molecular complexity index is 1310. The predicted molar refractivity (Wildman–Crippen MR) is 147 cm³/mol. The first-order valence-corrected chi connectivity index (χ1v) is 13.5. The Morgan fingerprint density at radius 3 is 2.51 bits per heavy atom. The van der Waals surface area contributed by atoms with Crippen LogP contribution in [0.5, 0.6) is 5.75 Å². The summed E-state index contributed by atoms with van der Waals surface area (Å²) >= 11 is 0. The number of hydrogen-bond acceptors (Lipinski definition) is 7. The first kappa shape index (κ1) is 26.9. The molecule has 3 aromatic rings. The van der Waals surface area contributed by atoms with E-state index in [1.165, 1.54) is 0 Å². The van der Waals surface area contributed by atoms with Gasteiger partial charge in [-0.25, -0.2) is 4.98 Å². The summed E-state index contributed by atoms with van der Waals surface area (Å²) in [7, 11) is 0. The van der Waals surface area contributed by atoms with Gasteiger partial charge in [0.05, 0.1) is 19.2 Å². The zero-order chi connectivity index (χ0) is 27.0. The zero-order valence-electron chi connectivity index (χ0n) is 22.2. The van der Waals surface area contributed by atoms with Crippen LogP contribution in [-0.2, 0) is 9.47 Å². The second kappa shape index (κ2) is 12.9. The molecular weight excluding hydrogens is 492 g/mol. The highest BCUT2D eigenvalue weighted by atomic mass is 16.7. The number of likely N-dealkylation sites (tertiary alicyclic amines) is 1. The minimum absolute atomic E-state index is 0.132. The molecule has 5 rings (SSSR count). The van der Waals surface area contributed by atoms with Crippen LogP contribution in [-0.4, -0.2) is 64.8 Å². The van der Waals surface area contributed by atoms with Crippen molar-refractivity contribution >= 4 is 0 Å². The van der Waals surface area contributed by atoms with Gasteiger partial charge in [0, 0.05) is 37.7 Å². The molecule has 2 aromatic carbocycles. The average molecular weight is 527 g/mol. The van der Waals surface area contributed by atoms with E-state index in [1.807, 2.05) is 66.2 Å². The van der Waals surface area contributed by atoms with Gasteiger partial charge in [-0.15, -0.1) is 0 Å². The SMILES string of the molecule is C[C@H](OC1CCCCO1)c1nccn1[C@@H](C#Cc1ccc(-c2ccc(OC3CN(CC#N)C3)cc2)cc1)CO. The van der Waals surface area contributed by atoms with E-state index in [1.54, 1.807) is 6.20 Å². The fourth-order valence-electron chi connectivity index (χ4n) is 4.87. The van der Waals surface area contributed by atoms with Crippen LogP contribution in [0.3, 0.4) is 0 Å². The van der Waals surface area contributed by atoms with E-state index in [0.717, 1.165) is 67.2 Å². The summed E-state index contributed by atoms with van der Waals surface area (Å²) in [4.78, 5) is 6.53. The molecular formula is C31H34N4O4. The van der Waals surface area contributed by atoms with Gasteiger partial charge in [-0.1, -0.05) is 36.1 Å². The smallest absolute Gasteiger partial charge is 0.158 e. The minimum atomic E-state index is -0.435. The average Bonchev–Trinajstić information content (AvgIpc) is 3.44. The van der Waals surface area contributed by atoms with Crippen molar-refractivity contribution in [1.29, 1.82) is 5.26 Å². The van der Waals surface area contributed by atoms with Crippen LogP contribution >= 0.6 is 0 Å². The fourth-order valence-corrected chi connectivity index (χ4v) is 4.87. The lowest BCUT2D eigenvalue weighted by Crippen LogP contribution is -2.53. The van der Waals surface area contributed by atoms with Crippen LogP contribution < -0.4 is 4.74 Å². The van der Waals surface area contributed by atoms with Crippen molar-refractivity contribution in [3.63, 3.8) is 0 Å². The minimum Gasteiger partial charge on any atom is -0.488 e. The Balaban J connectivity index is 1.19. The van der Waals surface area contributed by atoms with Crippen LogP contribution in [0.4, 0.5) is 0 Å². The highest BCUT2D eigenvalue weighted by Crippen LogP contribution is 2.26. The lowest BCUT2D eigenvalue weighted by Gasteiger charge is -2.37. The van der Waals surface area contributed by atoms with Crippen molar-refractivity contribution in [3.8, 4) is 34.8 Å². The van der Waals surface area contributed by atoms with Crippen molar-refractivity contribution in [3.05, 3.63) is 72.3 Å². The molecule has 0 amide bonds. The van der Waals surface area contributed by atoms with Gasteiger partial charge in [0.1, 0.15) is 29.8 Å². The molecule has 2 fully saturated rings. The van der Waals surface area contributed by atoms with E-state index >= 15 is 0 Å². The third-order valence-corrected chi connectivity index (χ3v) is 7.04. The number of imidazole rings is 1. The molecule has 1 aromatic heterocycles. The number of nitriles is 1. The fraction of sp³-hybridized carbons (Fsp3) is 0.419. The monoisotopic (exact) mass is 526 g/mol. The molecule has 202 valence electrons. The first-order valence-electron chi connectivity index (χ1n) is 13.5. The normalized spacial score (nSPS) is 19.3. The predicted octanol–water partition coefficient (Wildman–Crippen LogP) is 4.33. The molecule has 0 bridgehead atoms. The van der Waals surface area contributed by atoms with Crippen molar-refractivity contribution in [1.82, 2.24) is 14.5 Å². The van der Waals surface area contributed by atoms with Crippen LogP contribution in [0.25, 0.3) is 11.1 Å². The van der Waals surface area contributed by atoms with E-state index in [4.69, 9.17) is 19.5 Å². The van der Waals surface area contributed by atoms with Gasteiger partial charge in [0.25, 0.3) is 0 Å². The molecule has 8 nitrogen and oxygen atoms in total. The molecule has 0 spiro atoms. The standard InChI is InChI=1S/C31H34N4O4/c1-23(38-30-4-2-3-19-37-30)31-33-16-18-35(31)27(22-36)12-7-24-5-8-25(9-6-24)26-10-13-28(14-11-26)39-29-20-34(21-29)17-15-32/h5-6,8-11,13-14,16,18,23,27,29-30,36H,2-4,17,19-22H2,1H3/t23-,27-,30?/m0/s1. The summed E-state index contributed by atoms with van der Waals surface area (Å²) in [6, 6.07) is 17.8. The lowest BCUT2D eigenvalue weighted by atomic mass is 10.0. The van der Waals surface area contributed by atoms with E-state index in [-0.39, 0.29) is 25.1 Å². The van der Waals surface area contributed by atoms with Gasteiger partial charge in [-0.3, -0.25) is 4.90 Å². The maximum Gasteiger partial charge on any atom is 0.158 e. The Morgan fingerprint density at radius 1 is 1.10 bits per heavy atom. The molecule has 2 saturated heterocycles. The molecule has 39 heavy (non-hydrogen) atoms. The number of aromatic nitrogens is 2. The number of nitrogens with zero attached hydrogens (tertiary/aromatic N) is 4.